The van der Waals surface area contributed by atoms with Crippen molar-refractivity contribution in [2.75, 3.05) is 19.5 Å². The van der Waals surface area contributed by atoms with Gasteiger partial charge < -0.3 is 14.6 Å². The van der Waals surface area contributed by atoms with Crippen LogP contribution < -0.4 is 4.74 Å². The molecule has 2 aromatic heterocycles. The van der Waals surface area contributed by atoms with E-state index in [0.29, 0.717) is 34.6 Å². The highest BCUT2D eigenvalue weighted by Crippen LogP contribution is 2.37. The molecule has 0 bridgehead atoms. The number of benzene rings is 1. The predicted molar refractivity (Wildman–Crippen MR) is 97.8 cm³/mol. The molecular weight excluding hydrogens is 368 g/mol. The number of phenols is 1. The van der Waals surface area contributed by atoms with E-state index in [1.165, 1.54) is 19.4 Å². The Morgan fingerprint density at radius 1 is 1.37 bits per heavy atom. The van der Waals surface area contributed by atoms with Crippen LogP contribution in [0.25, 0.3) is 17.1 Å². The fraction of sp³-hybridized carbons (Fsp3) is 0.222. The van der Waals surface area contributed by atoms with Crippen LogP contribution in [0.1, 0.15) is 6.92 Å². The largest absolute Gasteiger partial charge is 0.506 e. The second kappa shape index (κ2) is 8.42. The number of ether oxygens (including phenoxy) is 2. The number of nitrogens with zero attached hydrogens (tertiary/aromatic N) is 4. The summed E-state index contributed by atoms with van der Waals surface area (Å²) >= 11 is 1.14. The van der Waals surface area contributed by atoms with Gasteiger partial charge in [-0.15, -0.1) is 10.2 Å². The van der Waals surface area contributed by atoms with Gasteiger partial charge in [-0.1, -0.05) is 23.9 Å². The third-order valence-electron chi connectivity index (χ3n) is 3.47. The third kappa shape index (κ3) is 3.96. The Morgan fingerprint density at radius 3 is 2.93 bits per heavy atom. The maximum atomic E-state index is 11.7. The monoisotopic (exact) mass is 384 g/mol. The number of rotatable bonds is 7. The first-order valence-electron chi connectivity index (χ1n) is 7.99. The molecule has 0 unspecified atom stereocenters. The minimum absolute atomic E-state index is 0.0266. The standard InChI is InChI=1S/C18H16N4O4S/c1-3-26-15(24)11-27-18-21-20-17(12-6-5-9-19-10-12)22(18)16-13(23)7-4-8-14(16)25-2/h4,7-10,23H,3,11H2,1-2H3. The molecule has 138 valence electrons. The van der Waals surface area contributed by atoms with Gasteiger partial charge in [0.1, 0.15) is 17.2 Å². The molecule has 27 heavy (non-hydrogen) atoms. The Morgan fingerprint density at radius 2 is 2.22 bits per heavy atom. The zero-order chi connectivity index (χ0) is 19.2. The molecule has 9 heteroatoms. The summed E-state index contributed by atoms with van der Waals surface area (Å²) in [5.41, 5.74) is 0.877. The molecule has 1 aromatic carbocycles. The van der Waals surface area contributed by atoms with Gasteiger partial charge in [0.2, 0.25) is 0 Å². The number of aromatic hydroxyl groups is 1. The average Bonchev–Trinajstić information content (AvgIpc) is 3.10. The van der Waals surface area contributed by atoms with E-state index in [4.69, 9.17) is 9.47 Å². The van der Waals surface area contributed by atoms with Gasteiger partial charge in [0.25, 0.3) is 0 Å². The van der Waals surface area contributed by atoms with Gasteiger partial charge in [0, 0.05) is 6.20 Å². The summed E-state index contributed by atoms with van der Waals surface area (Å²) in [5.74, 6) is 0.447. The van der Waals surface area contributed by atoms with Crippen molar-refractivity contribution >= 4 is 17.7 Å². The SMILES string of the molecule is CCOC(=O)CSc1nnc(-c2c#ccnc2)n1-c1c(O)cccc1OC. The second-order valence-electron chi connectivity index (χ2n) is 5.15. The first-order valence-corrected chi connectivity index (χ1v) is 8.98. The Hall–Kier alpha value is -3.25. The molecule has 0 radical (unpaired) electrons. The lowest BCUT2D eigenvalue weighted by atomic mass is 10.2. The average molecular weight is 384 g/mol. The molecule has 2 heterocycles. The van der Waals surface area contributed by atoms with Crippen LogP contribution in [0.5, 0.6) is 11.5 Å². The molecule has 0 aliphatic heterocycles. The number of aromatic nitrogens is 4. The third-order valence-corrected chi connectivity index (χ3v) is 4.37. The van der Waals surface area contributed by atoms with Gasteiger partial charge >= 0.3 is 5.97 Å². The molecule has 0 aliphatic rings. The van der Waals surface area contributed by atoms with E-state index in [2.05, 4.69) is 27.3 Å². The maximum absolute atomic E-state index is 11.7. The molecule has 0 aliphatic carbocycles. The highest BCUT2D eigenvalue weighted by atomic mass is 32.2. The highest BCUT2D eigenvalue weighted by Gasteiger charge is 2.22. The summed E-state index contributed by atoms with van der Waals surface area (Å²) < 4.78 is 11.9. The molecule has 0 fully saturated rings. The molecule has 8 nitrogen and oxygen atoms in total. The van der Waals surface area contributed by atoms with Gasteiger partial charge in [-0.25, -0.2) is 0 Å². The summed E-state index contributed by atoms with van der Waals surface area (Å²) in [6, 6.07) is 10.6. The molecule has 0 saturated heterocycles. The summed E-state index contributed by atoms with van der Waals surface area (Å²) in [6.07, 6.45) is 3.03. The first kappa shape index (κ1) is 18.5. The number of para-hydroxylation sites is 1. The highest BCUT2D eigenvalue weighted by molar-refractivity contribution is 7.99. The van der Waals surface area contributed by atoms with Gasteiger partial charge in [0.15, 0.2) is 11.0 Å². The molecule has 0 atom stereocenters. The van der Waals surface area contributed by atoms with Crippen molar-refractivity contribution in [2.45, 2.75) is 12.1 Å². The van der Waals surface area contributed by atoms with Crippen molar-refractivity contribution in [3.8, 4) is 28.6 Å². The van der Waals surface area contributed by atoms with E-state index in [-0.39, 0.29) is 17.5 Å². The van der Waals surface area contributed by atoms with Crippen LogP contribution in [-0.4, -0.2) is 50.3 Å². The number of carbonyl (C=O) groups is 1. The van der Waals surface area contributed by atoms with Crippen molar-refractivity contribution in [3.05, 3.63) is 42.7 Å². The zero-order valence-corrected chi connectivity index (χ0v) is 15.5. The molecule has 0 spiro atoms. The van der Waals surface area contributed by atoms with Crippen LogP contribution in [0, 0.1) is 12.1 Å². The summed E-state index contributed by atoms with van der Waals surface area (Å²) in [4.78, 5) is 15.8. The molecule has 0 amide bonds. The molecular formula is C18H16N4O4S. The zero-order valence-electron chi connectivity index (χ0n) is 14.7. The lowest BCUT2D eigenvalue weighted by molar-refractivity contribution is -0.139. The minimum Gasteiger partial charge on any atom is -0.506 e. The predicted octanol–water partition coefficient (Wildman–Crippen LogP) is 2.30. The minimum atomic E-state index is -0.371. The molecule has 3 rings (SSSR count). The van der Waals surface area contributed by atoms with E-state index < -0.39 is 0 Å². The number of esters is 1. The van der Waals surface area contributed by atoms with Crippen LogP contribution in [-0.2, 0) is 9.53 Å². The summed E-state index contributed by atoms with van der Waals surface area (Å²) in [5, 5.41) is 19.2. The van der Waals surface area contributed by atoms with Gasteiger partial charge in [0.05, 0.1) is 31.2 Å². The number of hydrogen-bond acceptors (Lipinski definition) is 8. The normalized spacial score (nSPS) is 10.3. The number of carbonyl (C=O) groups excluding carboxylic acids is 1. The van der Waals surface area contributed by atoms with Crippen LogP contribution in [0.2, 0.25) is 0 Å². The van der Waals surface area contributed by atoms with Gasteiger partial charge in [-0.2, -0.15) is 0 Å². The van der Waals surface area contributed by atoms with E-state index in [9.17, 15) is 9.90 Å². The fourth-order valence-corrected chi connectivity index (χ4v) is 3.11. The van der Waals surface area contributed by atoms with Gasteiger partial charge in [-0.3, -0.25) is 14.3 Å². The van der Waals surface area contributed by atoms with Crippen molar-refractivity contribution in [1.82, 2.24) is 19.7 Å². The van der Waals surface area contributed by atoms with Crippen LogP contribution in [0.4, 0.5) is 0 Å². The summed E-state index contributed by atoms with van der Waals surface area (Å²) in [6.45, 7) is 2.04. The van der Waals surface area contributed by atoms with E-state index in [0.717, 1.165) is 11.8 Å². The quantitative estimate of drug-likeness (QED) is 0.489. The van der Waals surface area contributed by atoms with Crippen LogP contribution >= 0.6 is 11.8 Å². The Kier molecular flexibility index (Phi) is 5.78. The summed E-state index contributed by atoms with van der Waals surface area (Å²) in [7, 11) is 1.50. The van der Waals surface area contributed by atoms with E-state index >= 15 is 0 Å². The number of hydrogen-bond donors (Lipinski definition) is 1. The Balaban J connectivity index is 2.11. The Bertz CT molecular complexity index is 930. The van der Waals surface area contributed by atoms with Crippen LogP contribution in [0.3, 0.4) is 0 Å². The van der Waals surface area contributed by atoms with Crippen molar-refractivity contribution in [3.63, 3.8) is 0 Å². The number of thioether (sulfide) groups is 1. The number of methoxy groups -OCH3 is 1. The molecule has 1 N–H and O–H groups in total. The van der Waals surface area contributed by atoms with E-state index in [1.807, 2.05) is 0 Å². The lowest BCUT2D eigenvalue weighted by Crippen LogP contribution is -2.08. The Labute approximate surface area is 160 Å². The van der Waals surface area contributed by atoms with E-state index in [1.54, 1.807) is 29.8 Å². The fourth-order valence-electron chi connectivity index (χ4n) is 2.37. The van der Waals surface area contributed by atoms with Crippen LogP contribution in [0.15, 0.2) is 35.7 Å². The van der Waals surface area contributed by atoms with Crippen molar-refractivity contribution < 1.29 is 19.4 Å². The van der Waals surface area contributed by atoms with Crippen molar-refractivity contribution in [1.29, 1.82) is 0 Å². The number of phenolic OH excluding ortho intramolecular Hbond substituents is 1. The lowest BCUT2D eigenvalue weighted by Gasteiger charge is -2.14. The van der Waals surface area contributed by atoms with Crippen molar-refractivity contribution in [2.24, 2.45) is 0 Å². The van der Waals surface area contributed by atoms with Gasteiger partial charge in [-0.05, 0) is 25.1 Å². The smallest absolute Gasteiger partial charge is 0.316 e. The second-order valence-corrected chi connectivity index (χ2v) is 6.10. The molecule has 3 aromatic rings. The topological polar surface area (TPSA) is 99.4 Å². The molecule has 0 saturated carbocycles. The first-order chi connectivity index (χ1) is 13.2. The maximum Gasteiger partial charge on any atom is 0.316 e.